The normalized spacial score (nSPS) is 21.7. The van der Waals surface area contributed by atoms with Gasteiger partial charge in [-0.1, -0.05) is 0 Å². The van der Waals surface area contributed by atoms with Crippen molar-refractivity contribution >= 4 is 16.2 Å². The Hall–Kier alpha value is -0.700. The summed E-state index contributed by atoms with van der Waals surface area (Å²) in [6, 6.07) is -0.129. The van der Waals surface area contributed by atoms with E-state index >= 15 is 0 Å². The number of carboxylic acids is 1. The molecular weight excluding hydrogens is 270 g/mol. The third kappa shape index (κ3) is 5.85. The first kappa shape index (κ1) is 16.4. The van der Waals surface area contributed by atoms with Gasteiger partial charge in [-0.25, -0.2) is 0 Å². The molecule has 0 bridgehead atoms. The predicted octanol–water partition coefficient (Wildman–Crippen LogP) is -0.385. The Morgan fingerprint density at radius 1 is 1.47 bits per heavy atom. The minimum Gasteiger partial charge on any atom is -0.480 e. The van der Waals surface area contributed by atoms with Gasteiger partial charge in [-0.05, 0) is 39.2 Å². The first-order valence-corrected chi connectivity index (χ1v) is 7.95. The van der Waals surface area contributed by atoms with Crippen LogP contribution >= 0.6 is 0 Å². The maximum atomic E-state index is 12.0. The Morgan fingerprint density at radius 2 is 2.16 bits per heavy atom. The molecule has 8 heteroatoms. The van der Waals surface area contributed by atoms with E-state index in [0.717, 1.165) is 12.8 Å². The van der Waals surface area contributed by atoms with Crippen molar-refractivity contribution in [3.8, 4) is 0 Å². The maximum Gasteiger partial charge on any atom is 0.317 e. The molecular formula is C11H23N3O4S. The number of hydrogen-bond acceptors (Lipinski definition) is 4. The minimum atomic E-state index is -3.42. The lowest BCUT2D eigenvalue weighted by Crippen LogP contribution is -2.49. The second-order valence-electron chi connectivity index (χ2n) is 5.17. The summed E-state index contributed by atoms with van der Waals surface area (Å²) in [6.07, 6.45) is 1.72. The molecule has 0 aromatic heterocycles. The summed E-state index contributed by atoms with van der Waals surface area (Å²) in [5, 5.41) is 11.4. The number of aliphatic carboxylic acids is 1. The lowest BCUT2D eigenvalue weighted by Gasteiger charge is -2.32. The second kappa shape index (κ2) is 7.18. The van der Waals surface area contributed by atoms with Crippen LogP contribution in [0.2, 0.25) is 0 Å². The molecule has 7 nitrogen and oxygen atoms in total. The lowest BCUT2D eigenvalue weighted by atomic mass is 10.00. The predicted molar refractivity (Wildman–Crippen MR) is 72.0 cm³/mol. The summed E-state index contributed by atoms with van der Waals surface area (Å²) in [5.74, 6) is -0.737. The van der Waals surface area contributed by atoms with E-state index in [9.17, 15) is 13.2 Å². The molecule has 1 rings (SSSR count). The van der Waals surface area contributed by atoms with Gasteiger partial charge < -0.3 is 10.4 Å². The minimum absolute atomic E-state index is 0.0898. The molecule has 1 aliphatic rings. The van der Waals surface area contributed by atoms with Crippen LogP contribution in [0.25, 0.3) is 0 Å². The van der Waals surface area contributed by atoms with Gasteiger partial charge in [0.1, 0.15) is 0 Å². The number of nitrogens with zero attached hydrogens (tertiary/aromatic N) is 1. The molecule has 0 saturated carbocycles. The van der Waals surface area contributed by atoms with Gasteiger partial charge in [0.2, 0.25) is 0 Å². The standard InChI is InChI=1S/C11H23N3O4S/c1-9(2)13-19(17,18)14-5-3-4-10(8-14)6-12-7-11(15)16/h9-10,12-13H,3-8H2,1-2H3,(H,15,16). The van der Waals surface area contributed by atoms with Crippen LogP contribution in [0, 0.1) is 5.92 Å². The number of piperidine rings is 1. The zero-order valence-corrected chi connectivity index (χ0v) is 12.2. The monoisotopic (exact) mass is 293 g/mol. The van der Waals surface area contributed by atoms with Crippen molar-refractivity contribution in [2.45, 2.75) is 32.7 Å². The van der Waals surface area contributed by atoms with Crippen LogP contribution in [0.5, 0.6) is 0 Å². The summed E-state index contributed by atoms with van der Waals surface area (Å²) in [5.41, 5.74) is 0. The highest BCUT2D eigenvalue weighted by atomic mass is 32.2. The van der Waals surface area contributed by atoms with Crippen molar-refractivity contribution in [1.29, 1.82) is 0 Å². The Balaban J connectivity index is 2.47. The smallest absolute Gasteiger partial charge is 0.317 e. The molecule has 1 heterocycles. The highest BCUT2D eigenvalue weighted by molar-refractivity contribution is 7.87. The molecule has 1 unspecified atom stereocenters. The van der Waals surface area contributed by atoms with E-state index in [2.05, 4.69) is 10.0 Å². The topological polar surface area (TPSA) is 98.7 Å². The summed E-state index contributed by atoms with van der Waals surface area (Å²) in [4.78, 5) is 10.4. The van der Waals surface area contributed by atoms with Crippen LogP contribution in [-0.2, 0) is 15.0 Å². The quantitative estimate of drug-likeness (QED) is 0.594. The number of carbonyl (C=O) groups is 1. The molecule has 0 aromatic carbocycles. The fourth-order valence-electron chi connectivity index (χ4n) is 2.17. The van der Waals surface area contributed by atoms with Crippen molar-refractivity contribution in [2.75, 3.05) is 26.2 Å². The molecule has 1 atom stereocenters. The van der Waals surface area contributed by atoms with Gasteiger partial charge in [0.05, 0.1) is 6.54 Å². The van der Waals surface area contributed by atoms with E-state index in [1.54, 1.807) is 13.8 Å². The van der Waals surface area contributed by atoms with Gasteiger partial charge >= 0.3 is 5.97 Å². The molecule has 1 fully saturated rings. The van der Waals surface area contributed by atoms with Gasteiger partial charge in [-0.15, -0.1) is 0 Å². The zero-order valence-electron chi connectivity index (χ0n) is 11.4. The van der Waals surface area contributed by atoms with Crippen molar-refractivity contribution in [1.82, 2.24) is 14.3 Å². The zero-order chi connectivity index (χ0) is 14.5. The summed E-state index contributed by atoms with van der Waals surface area (Å²) in [7, 11) is -3.42. The average molecular weight is 293 g/mol. The Bertz CT molecular complexity index is 397. The number of carboxylic acid groups (broad SMARTS) is 1. The van der Waals surface area contributed by atoms with E-state index in [1.807, 2.05) is 0 Å². The van der Waals surface area contributed by atoms with Gasteiger partial charge in [0, 0.05) is 19.1 Å². The molecule has 3 N–H and O–H groups in total. The molecule has 0 spiro atoms. The molecule has 0 amide bonds. The van der Waals surface area contributed by atoms with Gasteiger partial charge in [0.25, 0.3) is 10.2 Å². The number of rotatable bonds is 7. The summed E-state index contributed by atoms with van der Waals surface area (Å²) >= 11 is 0. The molecule has 19 heavy (non-hydrogen) atoms. The molecule has 1 saturated heterocycles. The molecule has 1 aliphatic heterocycles. The van der Waals surface area contributed by atoms with Gasteiger partial charge in [0.15, 0.2) is 0 Å². The second-order valence-corrected chi connectivity index (χ2v) is 6.87. The van der Waals surface area contributed by atoms with E-state index < -0.39 is 16.2 Å². The van der Waals surface area contributed by atoms with Crippen LogP contribution in [0.15, 0.2) is 0 Å². The third-order valence-electron chi connectivity index (χ3n) is 2.92. The highest BCUT2D eigenvalue weighted by Crippen LogP contribution is 2.18. The molecule has 0 aliphatic carbocycles. The molecule has 112 valence electrons. The fraction of sp³-hybridized carbons (Fsp3) is 0.909. The van der Waals surface area contributed by atoms with Crippen LogP contribution in [0.4, 0.5) is 0 Å². The van der Waals surface area contributed by atoms with Crippen LogP contribution < -0.4 is 10.0 Å². The highest BCUT2D eigenvalue weighted by Gasteiger charge is 2.28. The largest absolute Gasteiger partial charge is 0.480 e. The van der Waals surface area contributed by atoms with Crippen molar-refractivity contribution < 1.29 is 18.3 Å². The van der Waals surface area contributed by atoms with Crippen molar-refractivity contribution in [3.63, 3.8) is 0 Å². The van der Waals surface area contributed by atoms with Crippen LogP contribution in [-0.4, -0.2) is 56.0 Å². The van der Waals surface area contributed by atoms with E-state index in [4.69, 9.17) is 5.11 Å². The Kier molecular flexibility index (Phi) is 6.18. The maximum absolute atomic E-state index is 12.0. The molecule has 0 aromatic rings. The molecule has 0 radical (unpaired) electrons. The van der Waals surface area contributed by atoms with Crippen LogP contribution in [0.3, 0.4) is 0 Å². The SMILES string of the molecule is CC(C)NS(=O)(=O)N1CCCC(CNCC(=O)O)C1. The van der Waals surface area contributed by atoms with Crippen molar-refractivity contribution in [2.24, 2.45) is 5.92 Å². The van der Waals surface area contributed by atoms with E-state index in [-0.39, 0.29) is 18.5 Å². The third-order valence-corrected chi connectivity index (χ3v) is 4.70. The number of nitrogens with one attached hydrogen (secondary N) is 2. The van der Waals surface area contributed by atoms with Gasteiger partial charge in [-0.2, -0.15) is 17.4 Å². The lowest BCUT2D eigenvalue weighted by molar-refractivity contribution is -0.136. The van der Waals surface area contributed by atoms with E-state index in [0.29, 0.717) is 19.6 Å². The van der Waals surface area contributed by atoms with Crippen LogP contribution in [0.1, 0.15) is 26.7 Å². The van der Waals surface area contributed by atoms with Crippen molar-refractivity contribution in [3.05, 3.63) is 0 Å². The first-order valence-electron chi connectivity index (χ1n) is 6.51. The Morgan fingerprint density at radius 3 is 2.74 bits per heavy atom. The summed E-state index contributed by atoms with van der Waals surface area (Å²) in [6.45, 7) is 4.97. The fourth-order valence-corrected chi connectivity index (χ4v) is 3.69. The average Bonchev–Trinajstić information content (AvgIpc) is 2.27. The van der Waals surface area contributed by atoms with E-state index in [1.165, 1.54) is 4.31 Å². The van der Waals surface area contributed by atoms with Gasteiger partial charge in [-0.3, -0.25) is 4.79 Å². The number of hydrogen-bond donors (Lipinski definition) is 3. The first-order chi connectivity index (χ1) is 8.81. The summed E-state index contributed by atoms with van der Waals surface area (Å²) < 4.78 is 28.1. The Labute approximate surface area is 114 Å².